The van der Waals surface area contributed by atoms with E-state index in [4.69, 9.17) is 14.1 Å². The molecule has 7 heterocycles. The van der Waals surface area contributed by atoms with Gasteiger partial charge in [0.05, 0.1) is 56.1 Å². The summed E-state index contributed by atoms with van der Waals surface area (Å²) in [6.45, 7) is 10.2. The maximum atomic E-state index is 14.2. The van der Waals surface area contributed by atoms with Crippen molar-refractivity contribution >= 4 is 37.2 Å². The number of aryl methyl sites for hydroxylation is 3. The predicted octanol–water partition coefficient (Wildman–Crippen LogP) is 7.27. The number of aromatic nitrogens is 6. The third-order valence-electron chi connectivity index (χ3n) is 10.3. The fourth-order valence-corrected chi connectivity index (χ4v) is 11.5. The van der Waals surface area contributed by atoms with Gasteiger partial charge in [0.25, 0.3) is 0 Å². The fraction of sp³-hybridized carbons (Fsp3) is 0.500. The molecule has 4 atom stereocenters. The van der Waals surface area contributed by atoms with Gasteiger partial charge in [-0.3, -0.25) is 9.97 Å². The van der Waals surface area contributed by atoms with Gasteiger partial charge >= 0.3 is 0 Å². The molecule has 0 spiro atoms. The number of ether oxygens (including phenoxy) is 1. The molecule has 5 aromatic heterocycles. The monoisotopic (exact) mass is 699 g/mol. The van der Waals surface area contributed by atoms with E-state index in [0.717, 1.165) is 64.4 Å². The number of nitrogens with one attached hydrogen (secondary N) is 1. The van der Waals surface area contributed by atoms with Crippen LogP contribution in [0.25, 0.3) is 32.1 Å². The Morgan fingerprint density at radius 3 is 2.65 bits per heavy atom. The number of fused-ring (bicyclic) bond motifs is 3. The van der Waals surface area contributed by atoms with E-state index >= 15 is 0 Å². The lowest BCUT2D eigenvalue weighted by Gasteiger charge is -2.32. The largest absolute Gasteiger partial charge is 0.421 e. The lowest BCUT2D eigenvalue weighted by Crippen LogP contribution is -2.29. The first kappa shape index (κ1) is 32.4. The Labute approximate surface area is 290 Å². The normalized spacial score (nSPS) is 24.4. The smallest absolute Gasteiger partial charge is 0.250 e. The Hall–Kier alpha value is -3.81. The highest BCUT2D eigenvalue weighted by molar-refractivity contribution is 7.92. The molecule has 8 rings (SSSR count). The van der Waals surface area contributed by atoms with Gasteiger partial charge in [0, 0.05) is 35.2 Å². The van der Waals surface area contributed by atoms with E-state index in [0.29, 0.717) is 35.1 Å². The van der Waals surface area contributed by atoms with Gasteiger partial charge in [-0.05, 0) is 81.9 Å². The Morgan fingerprint density at radius 1 is 1.08 bits per heavy atom. The molecule has 0 saturated carbocycles. The zero-order chi connectivity index (χ0) is 34.0. The van der Waals surface area contributed by atoms with Gasteiger partial charge < -0.3 is 14.5 Å². The molecule has 11 nitrogen and oxygen atoms in total. The number of pyridine rings is 2. The van der Waals surface area contributed by atoms with Crippen molar-refractivity contribution in [3.05, 3.63) is 59.3 Å². The molecule has 0 aromatic carbocycles. The molecule has 1 N–H and O–H groups in total. The molecule has 49 heavy (non-hydrogen) atoms. The summed E-state index contributed by atoms with van der Waals surface area (Å²) in [6.07, 6.45) is 9.11. The molecule has 0 radical (unpaired) electrons. The van der Waals surface area contributed by atoms with Gasteiger partial charge in [-0.2, -0.15) is 0 Å². The number of anilines is 1. The molecule has 13 heteroatoms. The van der Waals surface area contributed by atoms with Crippen LogP contribution in [0, 0.1) is 18.8 Å². The minimum atomic E-state index is -3.69. The molecule has 1 fully saturated rings. The van der Waals surface area contributed by atoms with E-state index in [1.165, 1.54) is 16.9 Å². The predicted molar refractivity (Wildman–Crippen MR) is 188 cm³/mol. The second kappa shape index (κ2) is 12.5. The highest BCUT2D eigenvalue weighted by Crippen LogP contribution is 2.51. The maximum absolute atomic E-state index is 14.2. The van der Waals surface area contributed by atoms with Crippen LogP contribution in [-0.4, -0.2) is 56.5 Å². The van der Waals surface area contributed by atoms with E-state index in [1.807, 2.05) is 18.3 Å². The van der Waals surface area contributed by atoms with Crippen LogP contribution in [0.2, 0.25) is 0 Å². The van der Waals surface area contributed by atoms with Gasteiger partial charge in [0.2, 0.25) is 11.8 Å². The van der Waals surface area contributed by atoms with Crippen molar-refractivity contribution in [3.8, 4) is 21.9 Å². The van der Waals surface area contributed by atoms with Crippen molar-refractivity contribution in [1.82, 2.24) is 30.1 Å². The van der Waals surface area contributed by atoms with Crippen molar-refractivity contribution in [3.63, 3.8) is 0 Å². The average Bonchev–Trinajstić information content (AvgIpc) is 3.84. The van der Waals surface area contributed by atoms with E-state index in [1.54, 1.807) is 13.3 Å². The lowest BCUT2D eigenvalue weighted by atomic mass is 9.86. The average molecular weight is 700 g/mol. The fourth-order valence-electron chi connectivity index (χ4n) is 8.08. The Morgan fingerprint density at radius 2 is 1.90 bits per heavy atom. The van der Waals surface area contributed by atoms with Gasteiger partial charge in [0.15, 0.2) is 9.84 Å². The summed E-state index contributed by atoms with van der Waals surface area (Å²) in [6, 6.07) is 6.13. The van der Waals surface area contributed by atoms with Gasteiger partial charge in [-0.15, -0.1) is 21.5 Å². The van der Waals surface area contributed by atoms with Gasteiger partial charge in [0.1, 0.15) is 12.1 Å². The van der Waals surface area contributed by atoms with Crippen molar-refractivity contribution < 1.29 is 17.6 Å². The van der Waals surface area contributed by atoms with Gasteiger partial charge in [-0.25, -0.2) is 18.4 Å². The summed E-state index contributed by atoms with van der Waals surface area (Å²) < 4.78 is 41.4. The number of thiophene rings is 1. The number of hydrogen-bond acceptors (Lipinski definition) is 12. The number of nitrogens with zero attached hydrogens (tertiary/aromatic N) is 6. The SMILES string of the molecule is Cc1nnc(-c2c(CCC3CC(C)OC(C)C3)nc3c(c2-c2cc4ncnc(N[C@H]5CCc6ncccc65)c4s2)S(=O)(=O)CC3C(C)C)o1. The number of sulfone groups is 1. The molecule has 1 aliphatic carbocycles. The van der Waals surface area contributed by atoms with Crippen molar-refractivity contribution in [2.75, 3.05) is 11.1 Å². The molecule has 0 bridgehead atoms. The van der Waals surface area contributed by atoms with Crippen molar-refractivity contribution in [1.29, 1.82) is 0 Å². The molecule has 256 valence electrons. The van der Waals surface area contributed by atoms with Crippen LogP contribution < -0.4 is 5.32 Å². The molecule has 2 aliphatic heterocycles. The van der Waals surface area contributed by atoms with Crippen LogP contribution in [0.15, 0.2) is 40.0 Å². The van der Waals surface area contributed by atoms with E-state index < -0.39 is 9.84 Å². The first-order valence-corrected chi connectivity index (χ1v) is 19.7. The maximum Gasteiger partial charge on any atom is 0.250 e. The molecule has 5 aromatic rings. The Balaban J connectivity index is 1.30. The molecular formula is C36H41N7O4S2. The number of rotatable bonds is 8. The second-order valence-electron chi connectivity index (χ2n) is 14.2. The lowest BCUT2D eigenvalue weighted by molar-refractivity contribution is -0.0533. The Bertz CT molecular complexity index is 2150. The standard InChI is InChI=1S/C36H41N7O4S2/c1-18(2)24-16-49(44,45)34-31(29-15-28-33(48-29)35(39-17-38-28)41-26-11-10-25-23(26)7-6-12-37-25)30(36-43-42-21(5)47-36)27(40-32(24)34)9-8-22-13-19(3)46-20(4)14-22/h6-7,12,15,17-20,22,24,26H,8-11,13-14,16H2,1-5H3,(H,38,39,41)/t19?,20?,22?,24?,26-/m0/s1. The second-order valence-corrected chi connectivity index (χ2v) is 17.3. The minimum absolute atomic E-state index is 0.0212. The summed E-state index contributed by atoms with van der Waals surface area (Å²) in [5.41, 5.74) is 5.65. The summed E-state index contributed by atoms with van der Waals surface area (Å²) in [7, 11) is -3.69. The molecule has 3 aliphatic rings. The summed E-state index contributed by atoms with van der Waals surface area (Å²) >= 11 is 1.49. The van der Waals surface area contributed by atoms with Crippen LogP contribution in [0.3, 0.4) is 0 Å². The summed E-state index contributed by atoms with van der Waals surface area (Å²) in [5, 5.41) is 12.3. The van der Waals surface area contributed by atoms with Crippen LogP contribution >= 0.6 is 11.3 Å². The molecule has 0 amide bonds. The zero-order valence-corrected chi connectivity index (χ0v) is 30.1. The topological polar surface area (TPSA) is 146 Å². The quantitative estimate of drug-likeness (QED) is 0.174. The van der Waals surface area contributed by atoms with Crippen LogP contribution in [0.1, 0.15) is 93.9 Å². The summed E-state index contributed by atoms with van der Waals surface area (Å²) in [5.74, 6) is 1.76. The molecule has 1 saturated heterocycles. The highest BCUT2D eigenvalue weighted by Gasteiger charge is 2.43. The highest BCUT2D eigenvalue weighted by atomic mass is 32.2. The number of hydrogen-bond donors (Lipinski definition) is 1. The van der Waals surface area contributed by atoms with Crippen LogP contribution in [-0.2, 0) is 27.4 Å². The third-order valence-corrected chi connectivity index (χ3v) is 13.3. The minimum Gasteiger partial charge on any atom is -0.421 e. The van der Waals surface area contributed by atoms with Crippen LogP contribution in [0.4, 0.5) is 5.82 Å². The first-order chi connectivity index (χ1) is 23.6. The summed E-state index contributed by atoms with van der Waals surface area (Å²) in [4.78, 5) is 20.1. The van der Waals surface area contributed by atoms with Gasteiger partial charge in [-0.1, -0.05) is 19.9 Å². The third kappa shape index (κ3) is 5.93. The van der Waals surface area contributed by atoms with E-state index in [-0.39, 0.29) is 46.6 Å². The van der Waals surface area contributed by atoms with Crippen molar-refractivity contribution in [2.45, 2.75) is 102 Å². The molecule has 3 unspecified atom stereocenters. The van der Waals surface area contributed by atoms with E-state index in [9.17, 15) is 8.42 Å². The van der Waals surface area contributed by atoms with E-state index in [2.05, 4.69) is 64.2 Å². The zero-order valence-electron chi connectivity index (χ0n) is 28.4. The van der Waals surface area contributed by atoms with Crippen molar-refractivity contribution in [2.24, 2.45) is 11.8 Å². The Kier molecular flexibility index (Phi) is 8.27. The van der Waals surface area contributed by atoms with Crippen LogP contribution in [0.5, 0.6) is 0 Å². The first-order valence-electron chi connectivity index (χ1n) is 17.3. The molecular weight excluding hydrogens is 659 g/mol.